The van der Waals surface area contributed by atoms with Crippen LogP contribution in [0.1, 0.15) is 23.7 Å². The number of nitrogens with zero attached hydrogens (tertiary/aromatic N) is 5. The quantitative estimate of drug-likeness (QED) is 0.755. The van der Waals surface area contributed by atoms with Crippen molar-refractivity contribution in [1.29, 1.82) is 0 Å². The predicted octanol–water partition coefficient (Wildman–Crippen LogP) is 2.67. The summed E-state index contributed by atoms with van der Waals surface area (Å²) in [6.07, 6.45) is 1.54. The maximum absolute atomic E-state index is 4.46. The van der Waals surface area contributed by atoms with Gasteiger partial charge in [0.15, 0.2) is 0 Å². The van der Waals surface area contributed by atoms with Crippen LogP contribution in [0.3, 0.4) is 0 Å². The van der Waals surface area contributed by atoms with Crippen molar-refractivity contribution in [3.63, 3.8) is 0 Å². The van der Waals surface area contributed by atoms with Crippen molar-refractivity contribution >= 4 is 11.6 Å². The third-order valence-corrected chi connectivity index (χ3v) is 4.17. The summed E-state index contributed by atoms with van der Waals surface area (Å²) in [5.41, 5.74) is 3.40. The average Bonchev–Trinajstić information content (AvgIpc) is 3.00. The van der Waals surface area contributed by atoms with Crippen molar-refractivity contribution in [3.05, 3.63) is 53.5 Å². The summed E-state index contributed by atoms with van der Waals surface area (Å²) < 4.78 is 1.77. The highest BCUT2D eigenvalue weighted by Gasteiger charge is 2.14. The van der Waals surface area contributed by atoms with Crippen LogP contribution in [0, 0.1) is 13.8 Å². The lowest BCUT2D eigenvalue weighted by atomic mass is 10.2. The molecule has 3 aromatic rings. The number of aromatic nitrogens is 4. The Kier molecular flexibility index (Phi) is 4.76. The van der Waals surface area contributed by atoms with Gasteiger partial charge >= 0.3 is 0 Å². The zero-order valence-corrected chi connectivity index (χ0v) is 14.7. The van der Waals surface area contributed by atoms with Crippen LogP contribution in [0.4, 0.5) is 5.82 Å². The van der Waals surface area contributed by atoms with Crippen LogP contribution in [-0.4, -0.2) is 44.1 Å². The Balaban J connectivity index is 1.70. The Hall–Kier alpha value is -2.47. The second-order valence-electron chi connectivity index (χ2n) is 6.37. The highest BCUT2D eigenvalue weighted by Crippen LogP contribution is 2.18. The lowest BCUT2D eigenvalue weighted by Crippen LogP contribution is -2.33. The van der Waals surface area contributed by atoms with Crippen LogP contribution in [-0.2, 0) is 6.54 Å². The third-order valence-electron chi connectivity index (χ3n) is 4.17. The Morgan fingerprint density at radius 1 is 1.21 bits per heavy atom. The zero-order valence-electron chi connectivity index (χ0n) is 14.7. The van der Waals surface area contributed by atoms with Gasteiger partial charge in [-0.3, -0.25) is 0 Å². The standard InChI is InChI=1S/C18H24N6/c1-13(10-23(4)11-16-8-6-5-7-9-16)21-17-14(2)15(3)22-18-19-12-20-24(17)18/h5-9,12-13,21H,10-11H2,1-4H3. The molecule has 0 radical (unpaired) electrons. The molecule has 3 rings (SSSR count). The van der Waals surface area contributed by atoms with E-state index in [1.165, 1.54) is 5.56 Å². The van der Waals surface area contributed by atoms with E-state index in [0.717, 1.165) is 30.2 Å². The number of hydrogen-bond donors (Lipinski definition) is 1. The molecule has 2 aromatic heterocycles. The number of benzene rings is 1. The fourth-order valence-corrected chi connectivity index (χ4v) is 2.91. The van der Waals surface area contributed by atoms with Crippen molar-refractivity contribution in [2.45, 2.75) is 33.4 Å². The molecule has 0 bridgehead atoms. The van der Waals surface area contributed by atoms with E-state index in [0.29, 0.717) is 5.78 Å². The summed E-state index contributed by atoms with van der Waals surface area (Å²) in [5, 5.41) is 7.86. The largest absolute Gasteiger partial charge is 0.366 e. The minimum Gasteiger partial charge on any atom is -0.366 e. The molecule has 6 nitrogen and oxygen atoms in total. The first-order chi connectivity index (χ1) is 11.5. The predicted molar refractivity (Wildman–Crippen MR) is 96.1 cm³/mol. The van der Waals surface area contributed by atoms with Crippen LogP contribution >= 0.6 is 0 Å². The minimum absolute atomic E-state index is 0.270. The Labute approximate surface area is 142 Å². The molecule has 1 N–H and O–H groups in total. The summed E-state index contributed by atoms with van der Waals surface area (Å²) >= 11 is 0. The summed E-state index contributed by atoms with van der Waals surface area (Å²) in [5.74, 6) is 1.60. The van der Waals surface area contributed by atoms with Gasteiger partial charge in [-0.1, -0.05) is 30.3 Å². The van der Waals surface area contributed by atoms with Gasteiger partial charge in [0.2, 0.25) is 0 Å². The molecule has 0 saturated carbocycles. The van der Waals surface area contributed by atoms with Gasteiger partial charge in [0.25, 0.3) is 5.78 Å². The molecule has 0 aliphatic rings. The van der Waals surface area contributed by atoms with Gasteiger partial charge in [-0.15, -0.1) is 0 Å². The average molecular weight is 324 g/mol. The van der Waals surface area contributed by atoms with Gasteiger partial charge in [0, 0.05) is 30.4 Å². The Bertz CT molecular complexity index is 811. The SMILES string of the molecule is Cc1nc2ncnn2c(NC(C)CN(C)Cc2ccccc2)c1C. The lowest BCUT2D eigenvalue weighted by Gasteiger charge is -2.24. The molecule has 0 amide bonds. The van der Waals surface area contributed by atoms with Crippen molar-refractivity contribution < 1.29 is 0 Å². The fourth-order valence-electron chi connectivity index (χ4n) is 2.91. The monoisotopic (exact) mass is 324 g/mol. The van der Waals surface area contributed by atoms with E-state index in [4.69, 9.17) is 0 Å². The van der Waals surface area contributed by atoms with Gasteiger partial charge in [-0.2, -0.15) is 14.6 Å². The van der Waals surface area contributed by atoms with Gasteiger partial charge in [0.05, 0.1) is 0 Å². The lowest BCUT2D eigenvalue weighted by molar-refractivity contribution is 0.316. The first-order valence-electron chi connectivity index (χ1n) is 8.20. The van der Waals surface area contributed by atoms with Crippen LogP contribution in [0.5, 0.6) is 0 Å². The van der Waals surface area contributed by atoms with Crippen LogP contribution in [0.25, 0.3) is 5.78 Å². The first-order valence-corrected chi connectivity index (χ1v) is 8.20. The maximum Gasteiger partial charge on any atom is 0.254 e. The molecule has 126 valence electrons. The molecular formula is C18H24N6. The first kappa shape index (κ1) is 16.4. The van der Waals surface area contributed by atoms with Crippen LogP contribution < -0.4 is 5.32 Å². The van der Waals surface area contributed by atoms with E-state index in [1.807, 2.05) is 13.0 Å². The van der Waals surface area contributed by atoms with E-state index >= 15 is 0 Å². The number of rotatable bonds is 6. The number of fused-ring (bicyclic) bond motifs is 1. The Morgan fingerprint density at radius 3 is 2.71 bits per heavy atom. The number of anilines is 1. The van der Waals surface area contributed by atoms with Crippen molar-refractivity contribution in [2.75, 3.05) is 18.9 Å². The molecule has 24 heavy (non-hydrogen) atoms. The van der Waals surface area contributed by atoms with E-state index in [9.17, 15) is 0 Å². The number of hydrogen-bond acceptors (Lipinski definition) is 5. The van der Waals surface area contributed by atoms with E-state index < -0.39 is 0 Å². The maximum atomic E-state index is 4.46. The number of nitrogens with one attached hydrogen (secondary N) is 1. The second kappa shape index (κ2) is 6.97. The summed E-state index contributed by atoms with van der Waals surface area (Å²) in [6.45, 7) is 8.10. The van der Waals surface area contributed by atoms with Gasteiger partial charge in [-0.25, -0.2) is 4.98 Å². The third kappa shape index (κ3) is 3.54. The van der Waals surface area contributed by atoms with Gasteiger partial charge < -0.3 is 10.2 Å². The van der Waals surface area contributed by atoms with E-state index in [-0.39, 0.29) is 6.04 Å². The molecular weight excluding hydrogens is 300 g/mol. The summed E-state index contributed by atoms with van der Waals surface area (Å²) in [7, 11) is 2.14. The highest BCUT2D eigenvalue weighted by molar-refractivity contribution is 5.52. The molecule has 1 aromatic carbocycles. The van der Waals surface area contributed by atoms with Gasteiger partial charge in [0.1, 0.15) is 12.1 Å². The fraction of sp³-hybridized carbons (Fsp3) is 0.389. The summed E-state index contributed by atoms with van der Waals surface area (Å²) in [4.78, 5) is 11.0. The number of aryl methyl sites for hydroxylation is 1. The molecule has 2 heterocycles. The van der Waals surface area contributed by atoms with Crippen LogP contribution in [0.15, 0.2) is 36.7 Å². The molecule has 1 unspecified atom stereocenters. The molecule has 1 atom stereocenters. The van der Waals surface area contributed by atoms with Crippen molar-refractivity contribution in [2.24, 2.45) is 0 Å². The summed E-state index contributed by atoms with van der Waals surface area (Å²) in [6, 6.07) is 10.8. The van der Waals surface area contributed by atoms with E-state index in [2.05, 4.69) is 70.4 Å². The Morgan fingerprint density at radius 2 is 1.96 bits per heavy atom. The topological polar surface area (TPSA) is 58.4 Å². The normalized spacial score (nSPS) is 12.7. The molecule has 0 saturated heterocycles. The number of likely N-dealkylation sites (N-methyl/N-ethyl adjacent to an activating group) is 1. The minimum atomic E-state index is 0.270. The molecule has 6 heteroatoms. The van der Waals surface area contributed by atoms with Crippen molar-refractivity contribution in [1.82, 2.24) is 24.5 Å². The second-order valence-corrected chi connectivity index (χ2v) is 6.37. The van der Waals surface area contributed by atoms with Gasteiger partial charge in [-0.05, 0) is 33.4 Å². The van der Waals surface area contributed by atoms with E-state index in [1.54, 1.807) is 10.8 Å². The molecule has 0 fully saturated rings. The van der Waals surface area contributed by atoms with Crippen molar-refractivity contribution in [3.8, 4) is 0 Å². The molecule has 0 spiro atoms. The smallest absolute Gasteiger partial charge is 0.254 e. The highest BCUT2D eigenvalue weighted by atomic mass is 15.4. The molecule has 0 aliphatic carbocycles. The molecule has 0 aliphatic heterocycles. The zero-order chi connectivity index (χ0) is 17.1. The van der Waals surface area contributed by atoms with Crippen LogP contribution in [0.2, 0.25) is 0 Å².